The summed E-state index contributed by atoms with van der Waals surface area (Å²) < 4.78 is 12.9. The summed E-state index contributed by atoms with van der Waals surface area (Å²) in [4.78, 5) is 14.2. The number of carbonyl (C=O) groups excluding carboxylic acids is 1. The molecule has 1 fully saturated rings. The van der Waals surface area contributed by atoms with Gasteiger partial charge in [0.15, 0.2) is 0 Å². The Balaban J connectivity index is 1.51. The summed E-state index contributed by atoms with van der Waals surface area (Å²) in [5.41, 5.74) is 2.32. The van der Waals surface area contributed by atoms with E-state index in [4.69, 9.17) is 0 Å². The molecule has 1 atom stereocenters. The first-order chi connectivity index (χ1) is 10.6. The Labute approximate surface area is 128 Å². The molecule has 0 aliphatic carbocycles. The monoisotopic (exact) mass is 302 g/mol. The number of rotatable bonds is 4. The molecule has 1 aliphatic rings. The molecule has 1 aromatic heterocycles. The molecule has 6 heteroatoms. The number of hydrogen-bond acceptors (Lipinski definition) is 3. The summed E-state index contributed by atoms with van der Waals surface area (Å²) in [5.74, 6) is 0.0275. The van der Waals surface area contributed by atoms with Gasteiger partial charge in [0.05, 0.1) is 0 Å². The number of anilines is 1. The molecule has 2 heterocycles. The first-order valence-corrected chi connectivity index (χ1v) is 7.42. The van der Waals surface area contributed by atoms with E-state index in [2.05, 4.69) is 20.4 Å². The second kappa shape index (κ2) is 6.17. The van der Waals surface area contributed by atoms with E-state index in [-0.39, 0.29) is 11.7 Å². The lowest BCUT2D eigenvalue weighted by molar-refractivity contribution is 0.0943. The standard InChI is InChI=1S/C16H19FN4O/c1-11-8-15(20-19-11)16(22)18-9-12-6-7-21(10-12)14-4-2-13(17)3-5-14/h2-5,8,12H,6-7,9-10H2,1H3,(H,18,22)(H,19,20). The largest absolute Gasteiger partial charge is 0.371 e. The lowest BCUT2D eigenvalue weighted by Crippen LogP contribution is -2.31. The quantitative estimate of drug-likeness (QED) is 0.909. The van der Waals surface area contributed by atoms with Crippen molar-refractivity contribution in [2.75, 3.05) is 24.5 Å². The number of aryl methyl sites for hydroxylation is 1. The van der Waals surface area contributed by atoms with E-state index in [1.807, 2.05) is 6.92 Å². The maximum atomic E-state index is 12.9. The van der Waals surface area contributed by atoms with Gasteiger partial charge in [0, 0.05) is 31.0 Å². The van der Waals surface area contributed by atoms with Crippen molar-refractivity contribution in [3.05, 3.63) is 47.5 Å². The van der Waals surface area contributed by atoms with Crippen molar-refractivity contribution < 1.29 is 9.18 Å². The molecule has 3 rings (SSSR count). The van der Waals surface area contributed by atoms with Crippen molar-refractivity contribution in [2.24, 2.45) is 5.92 Å². The Morgan fingerprint density at radius 3 is 2.91 bits per heavy atom. The minimum Gasteiger partial charge on any atom is -0.371 e. The highest BCUT2D eigenvalue weighted by molar-refractivity contribution is 5.92. The number of aromatic amines is 1. The Hall–Kier alpha value is -2.37. The Morgan fingerprint density at radius 2 is 2.23 bits per heavy atom. The van der Waals surface area contributed by atoms with Gasteiger partial charge in [-0.15, -0.1) is 0 Å². The lowest BCUT2D eigenvalue weighted by Gasteiger charge is -2.18. The van der Waals surface area contributed by atoms with Crippen LogP contribution in [0.4, 0.5) is 10.1 Å². The first-order valence-electron chi connectivity index (χ1n) is 7.42. The predicted molar refractivity (Wildman–Crippen MR) is 82.4 cm³/mol. The zero-order valence-corrected chi connectivity index (χ0v) is 12.5. The third-order valence-corrected chi connectivity index (χ3v) is 3.97. The van der Waals surface area contributed by atoms with Crippen LogP contribution in [0.5, 0.6) is 0 Å². The number of aromatic nitrogens is 2. The average Bonchev–Trinajstić information content (AvgIpc) is 3.15. The molecule has 22 heavy (non-hydrogen) atoms. The van der Waals surface area contributed by atoms with Gasteiger partial charge in [0.2, 0.25) is 0 Å². The highest BCUT2D eigenvalue weighted by atomic mass is 19.1. The molecule has 1 amide bonds. The molecule has 1 aliphatic heterocycles. The van der Waals surface area contributed by atoms with Gasteiger partial charge in [0.25, 0.3) is 5.91 Å². The molecule has 1 unspecified atom stereocenters. The Morgan fingerprint density at radius 1 is 1.45 bits per heavy atom. The number of benzene rings is 1. The number of H-pyrrole nitrogens is 1. The van der Waals surface area contributed by atoms with E-state index < -0.39 is 0 Å². The summed E-state index contributed by atoms with van der Waals surface area (Å²) >= 11 is 0. The van der Waals surface area contributed by atoms with E-state index in [0.29, 0.717) is 18.2 Å². The van der Waals surface area contributed by atoms with E-state index in [1.165, 1.54) is 12.1 Å². The zero-order chi connectivity index (χ0) is 15.5. The molecule has 116 valence electrons. The van der Waals surface area contributed by atoms with Crippen LogP contribution >= 0.6 is 0 Å². The van der Waals surface area contributed by atoms with Crippen molar-refractivity contribution in [1.29, 1.82) is 0 Å². The number of nitrogens with one attached hydrogen (secondary N) is 2. The highest BCUT2D eigenvalue weighted by Gasteiger charge is 2.23. The van der Waals surface area contributed by atoms with Crippen molar-refractivity contribution in [2.45, 2.75) is 13.3 Å². The van der Waals surface area contributed by atoms with Crippen LogP contribution in [-0.2, 0) is 0 Å². The molecule has 5 nitrogen and oxygen atoms in total. The van der Waals surface area contributed by atoms with Gasteiger partial charge in [0.1, 0.15) is 11.5 Å². The van der Waals surface area contributed by atoms with Gasteiger partial charge in [-0.25, -0.2) is 4.39 Å². The van der Waals surface area contributed by atoms with Gasteiger partial charge in [-0.3, -0.25) is 9.89 Å². The number of amides is 1. The van der Waals surface area contributed by atoms with Gasteiger partial charge < -0.3 is 10.2 Å². The molecule has 0 bridgehead atoms. The number of halogens is 1. The first kappa shape index (κ1) is 14.6. The third kappa shape index (κ3) is 3.27. The van der Waals surface area contributed by atoms with Crippen LogP contribution in [0.25, 0.3) is 0 Å². The van der Waals surface area contributed by atoms with Crippen molar-refractivity contribution in [3.8, 4) is 0 Å². The van der Waals surface area contributed by atoms with Gasteiger partial charge >= 0.3 is 0 Å². The average molecular weight is 302 g/mol. The number of carbonyl (C=O) groups is 1. The second-order valence-electron chi connectivity index (χ2n) is 5.72. The van der Waals surface area contributed by atoms with E-state index in [9.17, 15) is 9.18 Å². The van der Waals surface area contributed by atoms with Crippen molar-refractivity contribution in [1.82, 2.24) is 15.5 Å². The second-order valence-corrected chi connectivity index (χ2v) is 5.72. The van der Waals surface area contributed by atoms with Crippen LogP contribution < -0.4 is 10.2 Å². The predicted octanol–water partition coefficient (Wildman–Crippen LogP) is 2.11. The van der Waals surface area contributed by atoms with E-state index in [0.717, 1.165) is 30.9 Å². The minimum atomic E-state index is -0.221. The number of hydrogen-bond donors (Lipinski definition) is 2. The molecule has 2 N–H and O–H groups in total. The summed E-state index contributed by atoms with van der Waals surface area (Å²) in [6.45, 7) is 4.28. The topological polar surface area (TPSA) is 61.0 Å². The fraction of sp³-hybridized carbons (Fsp3) is 0.375. The maximum Gasteiger partial charge on any atom is 0.271 e. The van der Waals surface area contributed by atoms with Crippen LogP contribution in [0, 0.1) is 18.7 Å². The number of nitrogens with zero attached hydrogens (tertiary/aromatic N) is 2. The minimum absolute atomic E-state index is 0.149. The fourth-order valence-electron chi connectivity index (χ4n) is 2.75. The highest BCUT2D eigenvalue weighted by Crippen LogP contribution is 2.23. The zero-order valence-electron chi connectivity index (χ0n) is 12.5. The molecule has 1 aromatic carbocycles. The molecular weight excluding hydrogens is 283 g/mol. The van der Waals surface area contributed by atoms with Crippen LogP contribution in [0.1, 0.15) is 22.6 Å². The summed E-state index contributed by atoms with van der Waals surface area (Å²) in [7, 11) is 0. The van der Waals surface area contributed by atoms with Gasteiger partial charge in [-0.1, -0.05) is 0 Å². The smallest absolute Gasteiger partial charge is 0.271 e. The molecule has 0 spiro atoms. The van der Waals surface area contributed by atoms with Gasteiger partial charge in [-0.05, 0) is 49.6 Å². The van der Waals surface area contributed by atoms with Crippen LogP contribution in [-0.4, -0.2) is 35.7 Å². The Bertz CT molecular complexity index is 652. The van der Waals surface area contributed by atoms with E-state index in [1.54, 1.807) is 18.2 Å². The van der Waals surface area contributed by atoms with Crippen molar-refractivity contribution >= 4 is 11.6 Å². The molecule has 1 saturated heterocycles. The summed E-state index contributed by atoms with van der Waals surface area (Å²) in [6, 6.07) is 8.27. The van der Waals surface area contributed by atoms with Gasteiger partial charge in [-0.2, -0.15) is 5.10 Å². The SMILES string of the molecule is Cc1cc(C(=O)NCC2CCN(c3ccc(F)cc3)C2)n[nH]1. The molecule has 0 saturated carbocycles. The van der Waals surface area contributed by atoms with Crippen LogP contribution in [0.2, 0.25) is 0 Å². The summed E-state index contributed by atoms with van der Waals surface area (Å²) in [6.07, 6.45) is 1.01. The van der Waals surface area contributed by atoms with Crippen LogP contribution in [0.3, 0.4) is 0 Å². The molecule has 2 aromatic rings. The van der Waals surface area contributed by atoms with E-state index >= 15 is 0 Å². The fourth-order valence-corrected chi connectivity index (χ4v) is 2.75. The maximum absolute atomic E-state index is 12.9. The molecule has 0 radical (unpaired) electrons. The normalized spacial score (nSPS) is 17.7. The lowest BCUT2D eigenvalue weighted by atomic mass is 10.1. The van der Waals surface area contributed by atoms with Crippen LogP contribution in [0.15, 0.2) is 30.3 Å². The summed E-state index contributed by atoms with van der Waals surface area (Å²) in [5, 5.41) is 9.64. The third-order valence-electron chi connectivity index (χ3n) is 3.97. The molecular formula is C16H19FN4O. The Kier molecular flexibility index (Phi) is 4.09. The van der Waals surface area contributed by atoms with Crippen molar-refractivity contribution in [3.63, 3.8) is 0 Å².